The average Bonchev–Trinajstić information content (AvgIpc) is 3.07. The van der Waals surface area contributed by atoms with Crippen molar-refractivity contribution >= 4 is 29.8 Å². The number of amides is 1. The number of carbonyl (C=O) groups is 5. The van der Waals surface area contributed by atoms with Gasteiger partial charge < -0.3 is 34.5 Å². The number of methoxy groups -OCH3 is 1. The van der Waals surface area contributed by atoms with Crippen molar-refractivity contribution in [2.45, 2.75) is 50.9 Å². The molecule has 1 fully saturated rings. The molecule has 1 aromatic rings. The van der Waals surface area contributed by atoms with E-state index in [0.717, 1.165) is 21.0 Å². The third-order valence-electron chi connectivity index (χ3n) is 4.53. The van der Waals surface area contributed by atoms with E-state index in [0.29, 0.717) is 0 Å². The Hall–Kier alpha value is -3.58. The van der Waals surface area contributed by atoms with Crippen molar-refractivity contribution in [2.75, 3.05) is 13.7 Å². The molecule has 2 rings (SSSR count). The molecular formula is C20H25N2O11+. The zero-order valence-electron chi connectivity index (χ0n) is 18.2. The van der Waals surface area contributed by atoms with Gasteiger partial charge in [-0.05, 0) is 6.07 Å². The minimum atomic E-state index is -1.72. The van der Waals surface area contributed by atoms with Crippen molar-refractivity contribution < 1.29 is 57.3 Å². The SMILES string of the molecule is COC(=O)[C@@H](O)CC(=O)OC[C@H]1O[C@@H]([n+]2cccc(C(N)=O)c2)[C@H](OC(C)=O)[C@@H]1OC(C)=O. The molecule has 0 spiro atoms. The van der Waals surface area contributed by atoms with Gasteiger partial charge in [0.15, 0.2) is 24.6 Å². The number of hydrogen-bond acceptors (Lipinski definition) is 11. The summed E-state index contributed by atoms with van der Waals surface area (Å²) in [5.41, 5.74) is 5.45. The summed E-state index contributed by atoms with van der Waals surface area (Å²) in [6.07, 6.45) is -4.03. The Morgan fingerprint density at radius 1 is 1.15 bits per heavy atom. The van der Waals surface area contributed by atoms with E-state index in [2.05, 4.69) is 4.74 Å². The van der Waals surface area contributed by atoms with Crippen LogP contribution in [0.4, 0.5) is 0 Å². The maximum atomic E-state index is 12.0. The highest BCUT2D eigenvalue weighted by Crippen LogP contribution is 2.31. The standard InChI is InChI=1S/C20H24N2O11/c1-10(23)31-16-14(9-30-15(26)7-13(25)20(28)29-3)33-19(17(16)32-11(2)24)22-6-4-5-12(8-22)18(21)27/h4-6,8,13-14,16-17,19,25H,7,9H2,1-3H3,(H-,21,27)/p+1/t13-,14+,16+,17+,19+/m0/s1. The largest absolute Gasteiger partial charge is 0.467 e. The molecule has 2 heterocycles. The number of carbonyl (C=O) groups excluding carboxylic acids is 5. The maximum absolute atomic E-state index is 12.0. The van der Waals surface area contributed by atoms with Crippen LogP contribution in [0.1, 0.15) is 36.9 Å². The number of ether oxygens (including phenoxy) is 5. The van der Waals surface area contributed by atoms with Crippen LogP contribution in [-0.2, 0) is 42.9 Å². The van der Waals surface area contributed by atoms with Crippen LogP contribution in [0.25, 0.3) is 0 Å². The molecule has 1 aliphatic heterocycles. The minimum Gasteiger partial charge on any atom is -0.467 e. The molecule has 0 aliphatic carbocycles. The van der Waals surface area contributed by atoms with Gasteiger partial charge in [0.2, 0.25) is 6.10 Å². The Morgan fingerprint density at radius 3 is 2.36 bits per heavy atom. The van der Waals surface area contributed by atoms with Gasteiger partial charge in [-0.3, -0.25) is 19.2 Å². The molecule has 180 valence electrons. The number of esters is 4. The van der Waals surface area contributed by atoms with Crippen LogP contribution in [0.5, 0.6) is 0 Å². The summed E-state index contributed by atoms with van der Waals surface area (Å²) in [7, 11) is 1.05. The molecule has 0 unspecified atom stereocenters. The molecular weight excluding hydrogens is 444 g/mol. The first kappa shape index (κ1) is 25.7. The molecule has 1 aliphatic rings. The second kappa shape index (κ2) is 11.3. The van der Waals surface area contributed by atoms with Crippen molar-refractivity contribution in [1.82, 2.24) is 0 Å². The van der Waals surface area contributed by atoms with Gasteiger partial charge in [0.25, 0.3) is 5.91 Å². The second-order valence-electron chi connectivity index (χ2n) is 7.04. The van der Waals surface area contributed by atoms with E-state index < -0.39 is 73.5 Å². The Balaban J connectivity index is 2.26. The average molecular weight is 469 g/mol. The highest BCUT2D eigenvalue weighted by molar-refractivity contribution is 5.92. The van der Waals surface area contributed by atoms with Crippen LogP contribution in [0.3, 0.4) is 0 Å². The fourth-order valence-corrected chi connectivity index (χ4v) is 3.14. The van der Waals surface area contributed by atoms with Crippen molar-refractivity contribution in [3.8, 4) is 0 Å². The van der Waals surface area contributed by atoms with E-state index in [-0.39, 0.29) is 5.56 Å². The van der Waals surface area contributed by atoms with E-state index >= 15 is 0 Å². The molecule has 0 saturated carbocycles. The normalized spacial score (nSPS) is 22.7. The third kappa shape index (κ3) is 6.95. The fourth-order valence-electron chi connectivity index (χ4n) is 3.14. The molecule has 1 aromatic heterocycles. The second-order valence-corrected chi connectivity index (χ2v) is 7.04. The number of rotatable bonds is 9. The number of aliphatic hydroxyl groups is 1. The highest BCUT2D eigenvalue weighted by atomic mass is 16.7. The highest BCUT2D eigenvalue weighted by Gasteiger charge is 2.54. The molecule has 0 radical (unpaired) electrons. The molecule has 0 bridgehead atoms. The lowest BCUT2D eigenvalue weighted by Crippen LogP contribution is -2.48. The van der Waals surface area contributed by atoms with Gasteiger partial charge in [-0.2, -0.15) is 4.57 Å². The molecule has 3 N–H and O–H groups in total. The Morgan fingerprint density at radius 2 is 1.79 bits per heavy atom. The van der Waals surface area contributed by atoms with Gasteiger partial charge in [-0.1, -0.05) is 0 Å². The summed E-state index contributed by atoms with van der Waals surface area (Å²) in [5, 5.41) is 9.58. The van der Waals surface area contributed by atoms with E-state index in [1.807, 2.05) is 0 Å². The maximum Gasteiger partial charge on any atom is 0.335 e. The van der Waals surface area contributed by atoms with Gasteiger partial charge in [-0.25, -0.2) is 4.79 Å². The number of hydrogen-bond donors (Lipinski definition) is 2. The Labute approximate surface area is 188 Å². The first-order valence-electron chi connectivity index (χ1n) is 9.75. The Kier molecular flexibility index (Phi) is 8.82. The van der Waals surface area contributed by atoms with Crippen LogP contribution in [-0.4, -0.2) is 73.0 Å². The van der Waals surface area contributed by atoms with Crippen molar-refractivity contribution in [3.05, 3.63) is 30.1 Å². The van der Waals surface area contributed by atoms with Gasteiger partial charge in [0.05, 0.1) is 13.5 Å². The fraction of sp³-hybridized carbons (Fsp3) is 0.500. The van der Waals surface area contributed by atoms with Gasteiger partial charge >= 0.3 is 30.1 Å². The van der Waals surface area contributed by atoms with Gasteiger partial charge in [0, 0.05) is 19.9 Å². The smallest absolute Gasteiger partial charge is 0.335 e. The lowest BCUT2D eigenvalue weighted by molar-refractivity contribution is -0.765. The molecule has 5 atom stereocenters. The van der Waals surface area contributed by atoms with E-state index in [4.69, 9.17) is 24.7 Å². The van der Waals surface area contributed by atoms with E-state index in [9.17, 15) is 29.1 Å². The molecule has 13 heteroatoms. The van der Waals surface area contributed by atoms with Crippen molar-refractivity contribution in [3.63, 3.8) is 0 Å². The third-order valence-corrected chi connectivity index (χ3v) is 4.53. The lowest BCUT2D eigenvalue weighted by atomic mass is 10.1. The first-order chi connectivity index (χ1) is 15.5. The summed E-state index contributed by atoms with van der Waals surface area (Å²) in [6, 6.07) is 2.97. The zero-order chi connectivity index (χ0) is 24.7. The summed E-state index contributed by atoms with van der Waals surface area (Å²) >= 11 is 0. The molecule has 1 amide bonds. The lowest BCUT2D eigenvalue weighted by Gasteiger charge is -2.21. The van der Waals surface area contributed by atoms with Crippen LogP contribution >= 0.6 is 0 Å². The predicted molar refractivity (Wildman–Crippen MR) is 104 cm³/mol. The van der Waals surface area contributed by atoms with E-state index in [1.54, 1.807) is 0 Å². The first-order valence-corrected chi connectivity index (χ1v) is 9.75. The van der Waals surface area contributed by atoms with Crippen LogP contribution < -0.4 is 10.3 Å². The summed E-state index contributed by atoms with van der Waals surface area (Å²) < 4.78 is 27.2. The van der Waals surface area contributed by atoms with Crippen LogP contribution in [0.15, 0.2) is 24.5 Å². The monoisotopic (exact) mass is 469 g/mol. The molecule has 0 aromatic carbocycles. The predicted octanol–water partition coefficient (Wildman–Crippen LogP) is -1.70. The minimum absolute atomic E-state index is 0.137. The van der Waals surface area contributed by atoms with Gasteiger partial charge in [-0.15, -0.1) is 0 Å². The number of nitrogens with two attached hydrogens (primary N) is 1. The summed E-state index contributed by atoms with van der Waals surface area (Å²) in [4.78, 5) is 58.2. The van der Waals surface area contributed by atoms with E-state index in [1.165, 1.54) is 29.1 Å². The van der Waals surface area contributed by atoms with Crippen molar-refractivity contribution in [2.24, 2.45) is 5.73 Å². The number of pyridine rings is 1. The topological polar surface area (TPSA) is 182 Å². The van der Waals surface area contributed by atoms with Crippen molar-refractivity contribution in [1.29, 1.82) is 0 Å². The molecule has 33 heavy (non-hydrogen) atoms. The number of aliphatic hydroxyl groups excluding tert-OH is 1. The number of nitrogens with zero attached hydrogens (tertiary/aromatic N) is 1. The van der Waals surface area contributed by atoms with Crippen LogP contribution in [0, 0.1) is 0 Å². The molecule has 1 saturated heterocycles. The summed E-state index contributed by atoms with van der Waals surface area (Å²) in [6.45, 7) is 1.82. The van der Waals surface area contributed by atoms with Gasteiger partial charge in [0.1, 0.15) is 18.3 Å². The number of primary amides is 1. The molecule has 13 nitrogen and oxygen atoms in total. The summed E-state index contributed by atoms with van der Waals surface area (Å²) in [5.74, 6) is -4.08. The quantitative estimate of drug-likeness (QED) is 0.239. The van der Waals surface area contributed by atoms with Crippen LogP contribution in [0.2, 0.25) is 0 Å². The number of aromatic nitrogens is 1. The Bertz CT molecular complexity index is 919. The zero-order valence-corrected chi connectivity index (χ0v) is 18.2.